The van der Waals surface area contributed by atoms with Gasteiger partial charge in [0.2, 0.25) is 5.91 Å². The lowest BCUT2D eigenvalue weighted by atomic mass is 9.93. The van der Waals surface area contributed by atoms with Gasteiger partial charge in [-0.05, 0) is 61.7 Å². The molecule has 2 N–H and O–H groups in total. The molecule has 180 valence electrons. The van der Waals surface area contributed by atoms with E-state index in [1.807, 2.05) is 45.0 Å². The summed E-state index contributed by atoms with van der Waals surface area (Å²) in [5.74, 6) is -0.181. The first-order chi connectivity index (χ1) is 15.9. The maximum atomic E-state index is 13.0. The molecular weight excluding hydrogens is 434 g/mol. The van der Waals surface area contributed by atoms with Crippen LogP contribution in [0.5, 0.6) is 5.75 Å². The number of carbonyl (C=O) groups excluding carboxylic acids is 4. The lowest BCUT2D eigenvalue weighted by Gasteiger charge is -2.21. The maximum absolute atomic E-state index is 13.0. The lowest BCUT2D eigenvalue weighted by Crippen LogP contribution is -2.44. The minimum Gasteiger partial charge on any atom is -0.497 e. The van der Waals surface area contributed by atoms with Crippen LogP contribution in [0.2, 0.25) is 0 Å². The van der Waals surface area contributed by atoms with Crippen molar-refractivity contribution in [2.45, 2.75) is 46.1 Å². The van der Waals surface area contributed by atoms with E-state index in [-0.39, 0.29) is 18.2 Å². The average molecular weight is 466 g/mol. The molecule has 0 radical (unpaired) electrons. The van der Waals surface area contributed by atoms with Crippen LogP contribution >= 0.6 is 0 Å². The van der Waals surface area contributed by atoms with Crippen LogP contribution in [-0.4, -0.2) is 47.7 Å². The van der Waals surface area contributed by atoms with Crippen molar-refractivity contribution >= 4 is 29.3 Å². The normalized spacial score (nSPS) is 18.0. The number of Topliss-reactive ketones (excluding diaryl/α,β-unsaturated/α-hetero) is 1. The summed E-state index contributed by atoms with van der Waals surface area (Å²) in [7, 11) is 1.60. The fraction of sp³-hybridized carbons (Fsp3) is 0.385. The van der Waals surface area contributed by atoms with E-state index >= 15 is 0 Å². The first-order valence-electron chi connectivity index (χ1n) is 11.1. The Kier molecular flexibility index (Phi) is 7.09. The molecular formula is C26H31N3O5. The highest BCUT2D eigenvalue weighted by atomic mass is 16.5. The third-order valence-electron chi connectivity index (χ3n) is 5.87. The molecule has 3 rings (SSSR count). The van der Waals surface area contributed by atoms with Gasteiger partial charge in [0.25, 0.3) is 5.91 Å². The molecule has 4 amide bonds. The van der Waals surface area contributed by atoms with Crippen molar-refractivity contribution in [1.82, 2.24) is 10.2 Å². The van der Waals surface area contributed by atoms with Crippen LogP contribution in [0.1, 0.15) is 50.0 Å². The van der Waals surface area contributed by atoms with E-state index in [0.717, 1.165) is 16.2 Å². The summed E-state index contributed by atoms with van der Waals surface area (Å²) in [5, 5.41) is 5.53. The number of carbonyl (C=O) groups is 4. The van der Waals surface area contributed by atoms with Gasteiger partial charge in [-0.2, -0.15) is 0 Å². The van der Waals surface area contributed by atoms with E-state index in [9.17, 15) is 19.2 Å². The highest BCUT2D eigenvalue weighted by Crippen LogP contribution is 2.25. The number of amides is 4. The molecule has 0 aliphatic carbocycles. The van der Waals surface area contributed by atoms with Crippen LogP contribution in [0.3, 0.4) is 0 Å². The van der Waals surface area contributed by atoms with Crippen molar-refractivity contribution in [1.29, 1.82) is 0 Å². The van der Waals surface area contributed by atoms with Crippen LogP contribution in [-0.2, 0) is 16.0 Å². The summed E-state index contributed by atoms with van der Waals surface area (Å²) < 4.78 is 5.15. The predicted molar refractivity (Wildman–Crippen MR) is 129 cm³/mol. The molecule has 34 heavy (non-hydrogen) atoms. The molecule has 8 nitrogen and oxygen atoms in total. The van der Waals surface area contributed by atoms with Crippen molar-refractivity contribution in [2.24, 2.45) is 5.41 Å². The minimum absolute atomic E-state index is 0.139. The van der Waals surface area contributed by atoms with E-state index < -0.39 is 22.9 Å². The third kappa shape index (κ3) is 5.62. The zero-order valence-corrected chi connectivity index (χ0v) is 20.2. The highest BCUT2D eigenvalue weighted by Gasteiger charge is 2.47. The Morgan fingerprint density at radius 3 is 2.21 bits per heavy atom. The zero-order chi connectivity index (χ0) is 25.1. The molecule has 2 aromatic rings. The van der Waals surface area contributed by atoms with Crippen molar-refractivity contribution in [2.75, 3.05) is 19.0 Å². The number of anilines is 1. The Balaban J connectivity index is 1.61. The molecule has 0 aromatic heterocycles. The Hall–Kier alpha value is -3.68. The first-order valence-corrected chi connectivity index (χ1v) is 11.1. The van der Waals surface area contributed by atoms with Gasteiger partial charge < -0.3 is 15.4 Å². The molecule has 0 saturated carbocycles. The van der Waals surface area contributed by atoms with E-state index in [4.69, 9.17) is 4.74 Å². The van der Waals surface area contributed by atoms with Crippen molar-refractivity contribution in [3.05, 3.63) is 59.7 Å². The molecule has 2 aromatic carbocycles. The molecule has 0 spiro atoms. The first kappa shape index (κ1) is 25.0. The largest absolute Gasteiger partial charge is 0.497 e. The zero-order valence-electron chi connectivity index (χ0n) is 20.2. The van der Waals surface area contributed by atoms with Crippen LogP contribution < -0.4 is 15.4 Å². The molecule has 1 aliphatic rings. The summed E-state index contributed by atoms with van der Waals surface area (Å²) in [5.41, 5.74) is 0.298. The summed E-state index contributed by atoms with van der Waals surface area (Å²) >= 11 is 0. The van der Waals surface area contributed by atoms with E-state index in [2.05, 4.69) is 10.6 Å². The Bertz CT molecular complexity index is 1090. The quantitative estimate of drug-likeness (QED) is 0.456. The number of hydrogen-bond acceptors (Lipinski definition) is 5. The average Bonchev–Trinajstić information content (AvgIpc) is 3.01. The van der Waals surface area contributed by atoms with Gasteiger partial charge in [-0.1, -0.05) is 32.9 Å². The van der Waals surface area contributed by atoms with Gasteiger partial charge in [-0.15, -0.1) is 0 Å². The fourth-order valence-corrected chi connectivity index (χ4v) is 3.54. The molecule has 0 bridgehead atoms. The predicted octanol–water partition coefficient (Wildman–Crippen LogP) is 3.81. The third-order valence-corrected chi connectivity index (χ3v) is 5.87. The second-order valence-electron chi connectivity index (χ2n) is 9.71. The number of hydrogen-bond donors (Lipinski definition) is 2. The molecule has 1 fully saturated rings. The van der Waals surface area contributed by atoms with Gasteiger partial charge in [0, 0.05) is 16.7 Å². The van der Waals surface area contributed by atoms with Crippen LogP contribution in [0, 0.1) is 5.41 Å². The topological polar surface area (TPSA) is 105 Å². The molecule has 0 unspecified atom stereocenters. The Labute approximate surface area is 199 Å². The van der Waals surface area contributed by atoms with Crippen LogP contribution in [0.25, 0.3) is 0 Å². The Morgan fingerprint density at radius 1 is 1.03 bits per heavy atom. The fourth-order valence-electron chi connectivity index (χ4n) is 3.54. The number of nitrogens with one attached hydrogen (secondary N) is 2. The molecule has 1 atom stereocenters. The van der Waals surface area contributed by atoms with Gasteiger partial charge in [0.05, 0.1) is 13.7 Å². The van der Waals surface area contributed by atoms with E-state index in [1.165, 1.54) is 0 Å². The van der Waals surface area contributed by atoms with E-state index in [0.29, 0.717) is 24.1 Å². The number of ketones is 1. The van der Waals surface area contributed by atoms with Crippen LogP contribution in [0.4, 0.5) is 10.5 Å². The molecule has 8 heteroatoms. The number of imide groups is 1. The van der Waals surface area contributed by atoms with Crippen molar-refractivity contribution in [3.8, 4) is 5.75 Å². The van der Waals surface area contributed by atoms with E-state index in [1.54, 1.807) is 38.3 Å². The van der Waals surface area contributed by atoms with Crippen molar-refractivity contribution < 1.29 is 23.9 Å². The summed E-state index contributed by atoms with van der Waals surface area (Å²) in [6.07, 6.45) is 0.979. The number of rotatable bonds is 8. The van der Waals surface area contributed by atoms with Gasteiger partial charge >= 0.3 is 6.03 Å². The van der Waals surface area contributed by atoms with Crippen molar-refractivity contribution in [3.63, 3.8) is 0 Å². The molecule has 1 aliphatic heterocycles. The number of nitrogens with zero attached hydrogens (tertiary/aromatic N) is 1. The number of ether oxygens (including phenoxy) is 1. The number of urea groups is 1. The molecule has 1 heterocycles. The summed E-state index contributed by atoms with van der Waals surface area (Å²) in [6.45, 7) is 6.75. The summed E-state index contributed by atoms with van der Waals surface area (Å²) in [6, 6.07) is 13.3. The monoisotopic (exact) mass is 465 g/mol. The smallest absolute Gasteiger partial charge is 0.325 e. The van der Waals surface area contributed by atoms with Gasteiger partial charge in [-0.3, -0.25) is 19.3 Å². The van der Waals surface area contributed by atoms with Gasteiger partial charge in [0.15, 0.2) is 5.78 Å². The SMILES string of the molecule is COc1ccc(CC[C@@]2(C)NC(=O)N(CC(=O)c3ccc(NC(=O)C(C)(C)C)cc3)C2=O)cc1. The highest BCUT2D eigenvalue weighted by molar-refractivity contribution is 6.11. The van der Waals surface area contributed by atoms with Crippen LogP contribution in [0.15, 0.2) is 48.5 Å². The Morgan fingerprint density at radius 2 is 1.65 bits per heavy atom. The number of benzene rings is 2. The molecule has 1 saturated heterocycles. The second-order valence-corrected chi connectivity index (χ2v) is 9.71. The lowest BCUT2D eigenvalue weighted by molar-refractivity contribution is -0.130. The number of methoxy groups -OCH3 is 1. The van der Waals surface area contributed by atoms with Gasteiger partial charge in [-0.25, -0.2) is 4.79 Å². The maximum Gasteiger partial charge on any atom is 0.325 e. The van der Waals surface area contributed by atoms with Gasteiger partial charge in [0.1, 0.15) is 11.3 Å². The second kappa shape index (κ2) is 9.67. The summed E-state index contributed by atoms with van der Waals surface area (Å²) in [4.78, 5) is 51.4. The minimum atomic E-state index is -1.08. The number of aryl methyl sites for hydroxylation is 1. The standard InChI is InChI=1S/C26H31N3O5/c1-25(2,3)22(31)27-19-10-8-18(9-11-19)21(30)16-29-23(32)26(4,28-24(29)33)15-14-17-6-12-20(34-5)13-7-17/h6-13H,14-16H2,1-5H3,(H,27,31)(H,28,33)/t26-/m1/s1.